The first-order valence-electron chi connectivity index (χ1n) is 19.6. The van der Waals surface area contributed by atoms with Crippen LogP contribution < -0.4 is 10.6 Å². The summed E-state index contributed by atoms with van der Waals surface area (Å²) in [4.78, 5) is 41.9. The number of anilines is 2. The van der Waals surface area contributed by atoms with Crippen LogP contribution in [0.2, 0.25) is 0 Å². The Morgan fingerprint density at radius 3 is 1.64 bits per heavy atom. The molecule has 0 saturated heterocycles. The van der Waals surface area contributed by atoms with Crippen molar-refractivity contribution in [1.29, 1.82) is 0 Å². The molecule has 0 aliphatic rings. The molecule has 0 saturated carbocycles. The minimum absolute atomic E-state index is 0. The number of nitrogens with zero attached hydrogens (tertiary/aromatic N) is 12. The normalized spacial score (nSPS) is 10.9. The molecule has 0 spiro atoms. The summed E-state index contributed by atoms with van der Waals surface area (Å²) >= 11 is 2.66. The number of halogens is 1. The Labute approximate surface area is 363 Å². The number of benzene rings is 2. The number of aryl methyl sites for hydroxylation is 4. The molecule has 0 aliphatic heterocycles. The number of carbonyl (C=O) groups is 2. The molecular weight excluding hydrogens is 816 g/mol. The number of amides is 2. The second-order valence-electron chi connectivity index (χ2n) is 13.4. The molecule has 0 atom stereocenters. The van der Waals surface area contributed by atoms with Gasteiger partial charge in [-0.25, -0.2) is 24.3 Å². The minimum Gasteiger partial charge on any atom is -0.332 e. The van der Waals surface area contributed by atoms with Crippen molar-refractivity contribution in [2.45, 2.75) is 64.9 Å². The monoisotopic (exact) mass is 866 g/mol. The Bertz CT molecular complexity index is 2790. The van der Waals surface area contributed by atoms with Crippen LogP contribution in [0, 0.1) is 19.7 Å². The molecule has 2 N–H and O–H groups in total. The van der Waals surface area contributed by atoms with Gasteiger partial charge in [0, 0.05) is 64.9 Å². The Morgan fingerprint density at radius 1 is 0.672 bits per heavy atom. The molecular formula is C42H51FN14O2S2. The number of thioether (sulfide) groups is 2. The van der Waals surface area contributed by atoms with E-state index in [1.165, 1.54) is 53.4 Å². The van der Waals surface area contributed by atoms with Crippen LogP contribution in [-0.2, 0) is 36.8 Å². The lowest BCUT2D eigenvalue weighted by Gasteiger charge is -2.10. The quantitative estimate of drug-likeness (QED) is 0.113. The van der Waals surface area contributed by atoms with Gasteiger partial charge in [-0.1, -0.05) is 55.1 Å². The van der Waals surface area contributed by atoms with Gasteiger partial charge in [0.05, 0.1) is 35.2 Å². The van der Waals surface area contributed by atoms with Crippen LogP contribution in [0.3, 0.4) is 0 Å². The van der Waals surface area contributed by atoms with Crippen molar-refractivity contribution in [2.75, 3.05) is 22.1 Å². The summed E-state index contributed by atoms with van der Waals surface area (Å²) in [5.74, 6) is 1.21. The van der Waals surface area contributed by atoms with Gasteiger partial charge in [0.15, 0.2) is 33.3 Å². The maximum atomic E-state index is 13.0. The number of nitrogens with one attached hydrogen (secondary N) is 2. The molecule has 8 rings (SSSR count). The molecule has 6 heterocycles. The highest BCUT2D eigenvalue weighted by Gasteiger charge is 2.18. The third-order valence-corrected chi connectivity index (χ3v) is 11.1. The van der Waals surface area contributed by atoms with Crippen LogP contribution >= 0.6 is 23.5 Å². The fourth-order valence-corrected chi connectivity index (χ4v) is 7.78. The largest absolute Gasteiger partial charge is 0.332 e. The maximum absolute atomic E-state index is 13.0. The van der Waals surface area contributed by atoms with Crippen LogP contribution in [0.25, 0.3) is 45.1 Å². The molecule has 0 unspecified atom stereocenters. The molecule has 19 heteroatoms. The first kappa shape index (κ1) is 44.1. The van der Waals surface area contributed by atoms with Crippen LogP contribution in [-0.4, -0.2) is 81.9 Å². The molecule has 6 aromatic heterocycles. The number of hydrogen-bond donors (Lipinski definition) is 2. The van der Waals surface area contributed by atoms with E-state index in [4.69, 9.17) is 0 Å². The molecule has 0 aliphatic carbocycles. The van der Waals surface area contributed by atoms with Crippen molar-refractivity contribution < 1.29 is 16.8 Å². The van der Waals surface area contributed by atoms with Crippen LogP contribution in [0.5, 0.6) is 0 Å². The number of pyridine rings is 2. The Balaban J connectivity index is 0.000000258. The van der Waals surface area contributed by atoms with Gasteiger partial charge >= 0.3 is 0 Å². The second kappa shape index (κ2) is 20.2. The number of aromatic nitrogens is 12. The van der Waals surface area contributed by atoms with E-state index in [-0.39, 0.29) is 32.0 Å². The van der Waals surface area contributed by atoms with Crippen molar-refractivity contribution in [3.8, 4) is 22.8 Å². The van der Waals surface area contributed by atoms with Crippen molar-refractivity contribution >= 4 is 69.0 Å². The Kier molecular flexibility index (Phi) is 14.6. The van der Waals surface area contributed by atoms with E-state index in [0.29, 0.717) is 46.2 Å². The summed E-state index contributed by atoms with van der Waals surface area (Å²) in [7, 11) is 3.84. The number of carbonyl (C=O) groups excluding carboxylic acids is 2. The highest BCUT2D eigenvalue weighted by molar-refractivity contribution is 8.00. The molecule has 16 nitrogen and oxygen atoms in total. The lowest BCUT2D eigenvalue weighted by Crippen LogP contribution is -2.15. The molecule has 0 fully saturated rings. The highest BCUT2D eigenvalue weighted by atomic mass is 32.2. The average Bonchev–Trinajstić information content (AvgIpc) is 4.07. The van der Waals surface area contributed by atoms with E-state index in [2.05, 4.69) is 57.0 Å². The van der Waals surface area contributed by atoms with Crippen molar-refractivity contribution in [3.05, 3.63) is 96.6 Å². The average molecular weight is 867 g/mol. The summed E-state index contributed by atoms with van der Waals surface area (Å²) in [5, 5.41) is 24.2. The van der Waals surface area contributed by atoms with Crippen molar-refractivity contribution in [1.82, 2.24) is 58.6 Å². The Morgan fingerprint density at radius 2 is 1.16 bits per heavy atom. The summed E-state index contributed by atoms with van der Waals surface area (Å²) in [6, 6.07) is 15.6. The van der Waals surface area contributed by atoms with E-state index in [0.717, 1.165) is 39.2 Å². The van der Waals surface area contributed by atoms with Crippen LogP contribution in [0.15, 0.2) is 90.0 Å². The highest BCUT2D eigenvalue weighted by Crippen LogP contribution is 2.27. The maximum Gasteiger partial charge on any atom is 0.234 e. The molecule has 0 bridgehead atoms. The number of hydrogen-bond acceptors (Lipinski definition) is 12. The van der Waals surface area contributed by atoms with E-state index in [9.17, 15) is 14.0 Å². The van der Waals surface area contributed by atoms with E-state index in [1.54, 1.807) is 25.0 Å². The SMILES string of the molecule is CC.CCn1c(SCC(=O)Nc2ccc(C)cc2C)nnc1-c1cnc2ncn(C)c2c1.CCn1c(SCC(=O)Nc2ccc(F)cc2)nnc1-c1cnc2ncn(C)c2c1.[HH].[HH]. The zero-order valence-electron chi connectivity index (χ0n) is 35.2. The molecule has 0 radical (unpaired) electrons. The first-order valence-corrected chi connectivity index (χ1v) is 21.6. The van der Waals surface area contributed by atoms with E-state index < -0.39 is 0 Å². The molecule has 2 aromatic carbocycles. The standard InChI is InChI=1S/C21H23N7OS.C19H18FN7OS.C2H6.2H2/c1-5-28-20(15-9-17-19(22-10-15)23-12-27(17)4)25-26-21(28)30-11-18(29)24-16-7-6-13(2)8-14(16)3;1-3-27-18(12-8-15-17(21-9-12)22-11-26(15)2)24-25-19(27)29-10-16(28)23-14-6-4-13(20)5-7-14;1-2;;/h6-10,12H,5,11H2,1-4H3,(H,24,29);4-9,11H,3,10H2,1-2H3,(H,23,28);1-2H3;2*1H. The summed E-state index contributed by atoms with van der Waals surface area (Å²) in [5.41, 5.74) is 8.50. The molecule has 2 amide bonds. The number of fused-ring (bicyclic) bond motifs is 2. The summed E-state index contributed by atoms with van der Waals surface area (Å²) in [6.07, 6.45) is 6.93. The van der Waals surface area contributed by atoms with Crippen molar-refractivity contribution in [2.24, 2.45) is 14.1 Å². The summed E-state index contributed by atoms with van der Waals surface area (Å²) < 4.78 is 20.7. The predicted octanol–water partition coefficient (Wildman–Crippen LogP) is 8.23. The van der Waals surface area contributed by atoms with Gasteiger partial charge in [0.25, 0.3) is 0 Å². The van der Waals surface area contributed by atoms with E-state index in [1.807, 2.05) is 98.2 Å². The van der Waals surface area contributed by atoms with Gasteiger partial charge in [-0.05, 0) is 75.7 Å². The fourth-order valence-electron chi connectivity index (χ4n) is 6.18. The smallest absolute Gasteiger partial charge is 0.234 e. The zero-order chi connectivity index (χ0) is 43.6. The third kappa shape index (κ3) is 10.5. The van der Waals surface area contributed by atoms with Crippen LogP contribution in [0.4, 0.5) is 15.8 Å². The summed E-state index contributed by atoms with van der Waals surface area (Å²) in [6.45, 7) is 13.4. The van der Waals surface area contributed by atoms with Crippen LogP contribution in [0.1, 0.15) is 41.7 Å². The lowest BCUT2D eigenvalue weighted by atomic mass is 10.1. The van der Waals surface area contributed by atoms with Gasteiger partial charge in [-0.3, -0.25) is 9.59 Å². The Hall–Kier alpha value is -6.47. The van der Waals surface area contributed by atoms with Gasteiger partial charge in [-0.2, -0.15) is 0 Å². The molecule has 320 valence electrons. The van der Waals surface area contributed by atoms with Crippen molar-refractivity contribution in [3.63, 3.8) is 0 Å². The van der Waals surface area contributed by atoms with Gasteiger partial charge in [0.1, 0.15) is 5.82 Å². The lowest BCUT2D eigenvalue weighted by molar-refractivity contribution is -0.114. The van der Waals surface area contributed by atoms with Gasteiger partial charge < -0.3 is 28.9 Å². The number of imidazole rings is 2. The zero-order valence-corrected chi connectivity index (χ0v) is 36.8. The minimum atomic E-state index is -0.347. The number of rotatable bonds is 12. The first-order chi connectivity index (χ1) is 29.5. The third-order valence-electron chi connectivity index (χ3n) is 9.19. The molecule has 8 aromatic rings. The predicted molar refractivity (Wildman–Crippen MR) is 243 cm³/mol. The van der Waals surface area contributed by atoms with Gasteiger partial charge in [-0.15, -0.1) is 20.4 Å². The molecule has 61 heavy (non-hydrogen) atoms. The fraction of sp³-hybridized carbons (Fsp3) is 0.286. The topological polar surface area (TPSA) is 181 Å². The second-order valence-corrected chi connectivity index (χ2v) is 15.3. The van der Waals surface area contributed by atoms with Gasteiger partial charge in [0.2, 0.25) is 11.8 Å². The van der Waals surface area contributed by atoms with E-state index >= 15 is 0 Å².